The first-order valence-electron chi connectivity index (χ1n) is 10.9. The molecule has 0 saturated carbocycles. The van der Waals surface area contributed by atoms with Crippen molar-refractivity contribution in [1.82, 2.24) is 10.8 Å². The van der Waals surface area contributed by atoms with Gasteiger partial charge in [-0.1, -0.05) is 35.9 Å². The zero-order valence-electron chi connectivity index (χ0n) is 19.4. The van der Waals surface area contributed by atoms with E-state index in [1.165, 1.54) is 30.3 Å². The molecule has 0 heterocycles. The van der Waals surface area contributed by atoms with E-state index in [9.17, 15) is 24.8 Å². The molecule has 1 amide bonds. The number of rotatable bonds is 12. The largest absolute Gasteiger partial charge is 0.478 e. The molecule has 4 N–H and O–H groups in total. The minimum atomic E-state index is -1.16. The van der Waals surface area contributed by atoms with Crippen LogP contribution in [0.15, 0.2) is 60.7 Å². The zero-order chi connectivity index (χ0) is 26.1. The molecule has 0 fully saturated rings. The van der Waals surface area contributed by atoms with Gasteiger partial charge in [-0.2, -0.15) is 5.48 Å². The highest BCUT2D eigenvalue weighted by atomic mass is 17.1. The first kappa shape index (κ1) is 26.4. The standard InChI is InChI=1S/C25H25N3O8/c1-16-2-9-22(23(10-16)25(30)31)24(29)26-12-17-3-5-18(6-4-17)13-27-35-14-19-7-8-21(28(32)33)11-20(19)15-36-34/h2-11,27,34H,12-15H2,1H3,(H,26,29)(H,30,31). The molecule has 0 aromatic heterocycles. The van der Waals surface area contributed by atoms with Crippen molar-refractivity contribution in [3.05, 3.63) is 110 Å². The summed E-state index contributed by atoms with van der Waals surface area (Å²) in [6.45, 7) is 2.25. The van der Waals surface area contributed by atoms with E-state index in [2.05, 4.69) is 15.7 Å². The number of carbonyl (C=O) groups is 2. The Labute approximate surface area is 206 Å². The number of aryl methyl sites for hydroxylation is 1. The molecule has 0 aliphatic rings. The van der Waals surface area contributed by atoms with Gasteiger partial charge in [0.2, 0.25) is 0 Å². The summed E-state index contributed by atoms with van der Waals surface area (Å²) in [4.78, 5) is 43.8. The number of hydroxylamine groups is 1. The lowest BCUT2D eigenvalue weighted by Gasteiger charge is -2.11. The van der Waals surface area contributed by atoms with E-state index in [1.54, 1.807) is 13.0 Å². The van der Waals surface area contributed by atoms with Gasteiger partial charge >= 0.3 is 5.97 Å². The first-order chi connectivity index (χ1) is 17.3. The van der Waals surface area contributed by atoms with Crippen LogP contribution in [0.4, 0.5) is 5.69 Å². The highest BCUT2D eigenvalue weighted by Crippen LogP contribution is 2.19. The molecule has 0 bridgehead atoms. The van der Waals surface area contributed by atoms with Gasteiger partial charge in [-0.3, -0.25) is 25.0 Å². The summed E-state index contributed by atoms with van der Waals surface area (Å²) < 4.78 is 0. The Bertz CT molecular complexity index is 1240. The third-order valence-electron chi connectivity index (χ3n) is 5.35. The van der Waals surface area contributed by atoms with E-state index in [-0.39, 0.29) is 36.6 Å². The number of hydrogen-bond donors (Lipinski definition) is 4. The number of carboxylic acid groups (broad SMARTS) is 1. The quantitative estimate of drug-likeness (QED) is 0.127. The van der Waals surface area contributed by atoms with Crippen LogP contribution in [0, 0.1) is 17.0 Å². The predicted octanol–water partition coefficient (Wildman–Crippen LogP) is 3.74. The number of non-ortho nitro benzene ring substituents is 1. The Hall–Kier alpha value is -4.16. The Morgan fingerprint density at radius 2 is 1.61 bits per heavy atom. The molecular weight excluding hydrogens is 470 g/mol. The van der Waals surface area contributed by atoms with Gasteiger partial charge in [-0.05, 0) is 47.4 Å². The third kappa shape index (κ3) is 7.17. The van der Waals surface area contributed by atoms with E-state index < -0.39 is 16.8 Å². The fraction of sp³-hybridized carbons (Fsp3) is 0.200. The number of aromatic carboxylic acids is 1. The summed E-state index contributed by atoms with van der Waals surface area (Å²) in [6.07, 6.45) is 0. The van der Waals surface area contributed by atoms with Crippen molar-refractivity contribution in [1.29, 1.82) is 0 Å². The molecule has 11 heteroatoms. The third-order valence-corrected chi connectivity index (χ3v) is 5.35. The van der Waals surface area contributed by atoms with E-state index >= 15 is 0 Å². The molecule has 3 aromatic rings. The number of nitrogens with zero attached hydrogens (tertiary/aromatic N) is 1. The molecule has 0 aliphatic carbocycles. The molecule has 0 saturated heterocycles. The van der Waals surface area contributed by atoms with Crippen molar-refractivity contribution < 1.29 is 34.6 Å². The molecule has 0 radical (unpaired) electrons. The molecular formula is C25H25N3O8. The Kier molecular flexibility index (Phi) is 9.19. The van der Waals surface area contributed by atoms with Crippen LogP contribution in [-0.4, -0.2) is 27.2 Å². The number of nitro groups is 1. The van der Waals surface area contributed by atoms with Gasteiger partial charge in [-0.25, -0.2) is 9.68 Å². The maximum Gasteiger partial charge on any atom is 0.336 e. The molecule has 0 unspecified atom stereocenters. The van der Waals surface area contributed by atoms with Gasteiger partial charge in [0.05, 0.1) is 22.7 Å². The topological polar surface area (TPSA) is 160 Å². The number of carboxylic acids is 1. The van der Waals surface area contributed by atoms with Crippen molar-refractivity contribution in [3.63, 3.8) is 0 Å². The average Bonchev–Trinajstić information content (AvgIpc) is 2.86. The number of nitrogens with one attached hydrogen (secondary N) is 2. The Morgan fingerprint density at radius 1 is 0.917 bits per heavy atom. The van der Waals surface area contributed by atoms with Gasteiger partial charge in [-0.15, -0.1) is 0 Å². The monoisotopic (exact) mass is 495 g/mol. The first-order valence-corrected chi connectivity index (χ1v) is 10.9. The van der Waals surface area contributed by atoms with Gasteiger partial charge in [0.25, 0.3) is 11.6 Å². The van der Waals surface area contributed by atoms with E-state index in [0.29, 0.717) is 17.7 Å². The van der Waals surface area contributed by atoms with E-state index in [0.717, 1.165) is 16.7 Å². The van der Waals surface area contributed by atoms with Crippen LogP contribution < -0.4 is 10.8 Å². The van der Waals surface area contributed by atoms with Crippen molar-refractivity contribution in [3.8, 4) is 0 Å². The number of nitro benzene ring substituents is 1. The second-order valence-corrected chi connectivity index (χ2v) is 7.95. The maximum atomic E-state index is 12.5. The summed E-state index contributed by atoms with van der Waals surface area (Å²) in [5.41, 5.74) is 6.29. The molecule has 0 aliphatic heterocycles. The molecule has 11 nitrogen and oxygen atoms in total. The molecule has 3 aromatic carbocycles. The zero-order valence-corrected chi connectivity index (χ0v) is 19.4. The summed E-state index contributed by atoms with van der Waals surface area (Å²) in [6, 6.07) is 16.2. The molecule has 3 rings (SSSR count). The fourth-order valence-corrected chi connectivity index (χ4v) is 3.42. The van der Waals surface area contributed by atoms with Crippen LogP contribution in [-0.2, 0) is 36.0 Å². The lowest BCUT2D eigenvalue weighted by Crippen LogP contribution is -2.25. The molecule has 0 atom stereocenters. The van der Waals surface area contributed by atoms with Crippen LogP contribution in [0.1, 0.15) is 48.5 Å². The minimum absolute atomic E-state index is 0.0429. The lowest BCUT2D eigenvalue weighted by atomic mass is 10.0. The van der Waals surface area contributed by atoms with Crippen molar-refractivity contribution in [2.24, 2.45) is 0 Å². The smallest absolute Gasteiger partial charge is 0.336 e. The minimum Gasteiger partial charge on any atom is -0.478 e. The van der Waals surface area contributed by atoms with Crippen LogP contribution >= 0.6 is 0 Å². The molecule has 36 heavy (non-hydrogen) atoms. The van der Waals surface area contributed by atoms with Crippen LogP contribution in [0.3, 0.4) is 0 Å². The van der Waals surface area contributed by atoms with E-state index in [1.807, 2.05) is 24.3 Å². The summed E-state index contributed by atoms with van der Waals surface area (Å²) >= 11 is 0. The second kappa shape index (κ2) is 12.5. The van der Waals surface area contributed by atoms with E-state index in [4.69, 9.17) is 10.1 Å². The summed E-state index contributed by atoms with van der Waals surface area (Å²) in [5, 5.41) is 31.7. The molecule has 188 valence electrons. The van der Waals surface area contributed by atoms with Gasteiger partial charge < -0.3 is 10.4 Å². The number of benzene rings is 3. The van der Waals surface area contributed by atoms with Crippen LogP contribution in [0.2, 0.25) is 0 Å². The van der Waals surface area contributed by atoms with Gasteiger partial charge in [0, 0.05) is 25.2 Å². The lowest BCUT2D eigenvalue weighted by molar-refractivity contribution is -0.385. The number of carbonyl (C=O) groups excluding carboxylic acids is 1. The SMILES string of the molecule is Cc1ccc(C(=O)NCc2ccc(CNOCc3ccc([N+](=O)[O-])cc3COO)cc2)c(C(=O)O)c1. The van der Waals surface area contributed by atoms with Crippen LogP contribution in [0.25, 0.3) is 0 Å². The van der Waals surface area contributed by atoms with Crippen molar-refractivity contribution >= 4 is 17.6 Å². The average molecular weight is 495 g/mol. The fourth-order valence-electron chi connectivity index (χ4n) is 3.42. The molecule has 0 spiro atoms. The maximum absolute atomic E-state index is 12.5. The Morgan fingerprint density at radius 3 is 2.25 bits per heavy atom. The van der Waals surface area contributed by atoms with Gasteiger partial charge in [0.1, 0.15) is 6.61 Å². The number of hydrogen-bond acceptors (Lipinski definition) is 8. The van der Waals surface area contributed by atoms with Gasteiger partial charge in [0.15, 0.2) is 0 Å². The highest BCUT2D eigenvalue weighted by molar-refractivity contribution is 6.04. The number of amides is 1. The Balaban J connectivity index is 1.49. The highest BCUT2D eigenvalue weighted by Gasteiger charge is 2.16. The van der Waals surface area contributed by atoms with Crippen molar-refractivity contribution in [2.45, 2.75) is 33.2 Å². The predicted molar refractivity (Wildman–Crippen MR) is 128 cm³/mol. The normalized spacial score (nSPS) is 10.7. The summed E-state index contributed by atoms with van der Waals surface area (Å²) in [7, 11) is 0. The van der Waals surface area contributed by atoms with Crippen LogP contribution in [0.5, 0.6) is 0 Å². The van der Waals surface area contributed by atoms with Crippen molar-refractivity contribution in [2.75, 3.05) is 0 Å². The summed E-state index contributed by atoms with van der Waals surface area (Å²) in [5.74, 6) is -1.63. The second-order valence-electron chi connectivity index (χ2n) is 7.95.